The number of nitrogens with zero attached hydrogens (tertiary/aromatic N) is 2. The first-order valence-corrected chi connectivity index (χ1v) is 10.4. The van der Waals surface area contributed by atoms with E-state index in [1.165, 1.54) is 23.6 Å². The molecule has 1 aliphatic rings. The third-order valence-corrected chi connectivity index (χ3v) is 5.50. The zero-order chi connectivity index (χ0) is 20.9. The van der Waals surface area contributed by atoms with Gasteiger partial charge in [0.2, 0.25) is 0 Å². The van der Waals surface area contributed by atoms with Crippen LogP contribution in [0.2, 0.25) is 5.15 Å². The molecule has 0 N–H and O–H groups in total. The van der Waals surface area contributed by atoms with E-state index in [2.05, 4.69) is 4.98 Å². The third-order valence-electron chi connectivity index (χ3n) is 4.34. The first-order valence-electron chi connectivity index (χ1n) is 9.12. The molecule has 1 aromatic carbocycles. The van der Waals surface area contributed by atoms with E-state index < -0.39 is 12.6 Å². The highest BCUT2D eigenvalue weighted by atomic mass is 35.5. The molecule has 2 aromatic heterocycles. The van der Waals surface area contributed by atoms with Crippen LogP contribution in [0.3, 0.4) is 0 Å². The average Bonchev–Trinajstić information content (AvgIpc) is 3.29. The van der Waals surface area contributed by atoms with Gasteiger partial charge >= 0.3 is 5.97 Å². The highest BCUT2D eigenvalue weighted by molar-refractivity contribution is 7.09. The number of hydrogen-bond acceptors (Lipinski definition) is 7. The van der Waals surface area contributed by atoms with Crippen LogP contribution in [-0.2, 0) is 16.1 Å². The molecule has 4 rings (SSSR count). The number of pyridine rings is 1. The maximum Gasteiger partial charge on any atom is 0.341 e. The van der Waals surface area contributed by atoms with Crippen molar-refractivity contribution in [1.82, 2.24) is 4.98 Å². The van der Waals surface area contributed by atoms with Crippen LogP contribution >= 0.6 is 22.9 Å². The summed E-state index contributed by atoms with van der Waals surface area (Å²) < 4.78 is 16.4. The molecule has 0 bridgehead atoms. The van der Waals surface area contributed by atoms with Crippen molar-refractivity contribution in [1.29, 1.82) is 0 Å². The summed E-state index contributed by atoms with van der Waals surface area (Å²) in [4.78, 5) is 31.7. The van der Waals surface area contributed by atoms with Crippen LogP contribution in [0.25, 0.3) is 0 Å². The van der Waals surface area contributed by atoms with Gasteiger partial charge in [-0.15, -0.1) is 11.3 Å². The number of anilines is 1. The number of halogens is 1. The highest BCUT2D eigenvalue weighted by Gasteiger charge is 2.22. The van der Waals surface area contributed by atoms with Gasteiger partial charge in [-0.1, -0.05) is 17.7 Å². The number of carbonyl (C=O) groups is 2. The molecule has 0 aliphatic carbocycles. The maximum absolute atomic E-state index is 13.0. The first-order chi connectivity index (χ1) is 14.6. The molecule has 0 spiro atoms. The Bertz CT molecular complexity index is 1060. The van der Waals surface area contributed by atoms with Crippen LogP contribution < -0.4 is 14.4 Å². The number of aromatic nitrogens is 1. The lowest BCUT2D eigenvalue weighted by atomic mass is 10.2. The Hall–Kier alpha value is -3.10. The lowest BCUT2D eigenvalue weighted by Gasteiger charge is -2.25. The minimum Gasteiger partial charge on any atom is -0.486 e. The Labute approximate surface area is 181 Å². The molecule has 154 valence electrons. The lowest BCUT2D eigenvalue weighted by molar-refractivity contribution is -0.121. The van der Waals surface area contributed by atoms with E-state index in [1.807, 2.05) is 17.5 Å². The van der Waals surface area contributed by atoms with E-state index in [0.717, 1.165) is 4.88 Å². The lowest BCUT2D eigenvalue weighted by Crippen LogP contribution is -2.34. The largest absolute Gasteiger partial charge is 0.486 e. The molecule has 1 aliphatic heterocycles. The molecule has 0 fully saturated rings. The Morgan fingerprint density at radius 2 is 1.97 bits per heavy atom. The molecule has 0 saturated carbocycles. The number of carbonyl (C=O) groups excluding carboxylic acids is 2. The summed E-state index contributed by atoms with van der Waals surface area (Å²) >= 11 is 7.46. The minimum atomic E-state index is -0.709. The summed E-state index contributed by atoms with van der Waals surface area (Å²) in [6.07, 6.45) is 1.47. The second-order valence-corrected chi connectivity index (χ2v) is 7.70. The van der Waals surface area contributed by atoms with Gasteiger partial charge in [-0.05, 0) is 35.7 Å². The molecular formula is C21H17ClN2O5S. The van der Waals surface area contributed by atoms with Gasteiger partial charge in [0.1, 0.15) is 18.4 Å². The van der Waals surface area contributed by atoms with E-state index >= 15 is 0 Å². The van der Waals surface area contributed by atoms with E-state index in [1.54, 1.807) is 29.2 Å². The van der Waals surface area contributed by atoms with Crippen molar-refractivity contribution in [2.24, 2.45) is 0 Å². The van der Waals surface area contributed by atoms with Crippen molar-refractivity contribution in [2.75, 3.05) is 24.7 Å². The van der Waals surface area contributed by atoms with Gasteiger partial charge in [-0.25, -0.2) is 9.78 Å². The number of thiophene rings is 1. The SMILES string of the molecule is O=C(OCC(=O)N(Cc1cccs1)c1ccc2c(c1)OCCO2)c1cccnc1Cl. The molecule has 30 heavy (non-hydrogen) atoms. The molecule has 3 aromatic rings. The van der Waals surface area contributed by atoms with Crippen molar-refractivity contribution in [3.05, 3.63) is 69.6 Å². The van der Waals surface area contributed by atoms with E-state index in [4.69, 9.17) is 25.8 Å². The number of ether oxygens (including phenoxy) is 3. The van der Waals surface area contributed by atoms with Crippen LogP contribution in [0.5, 0.6) is 11.5 Å². The summed E-state index contributed by atoms with van der Waals surface area (Å²) in [7, 11) is 0. The zero-order valence-electron chi connectivity index (χ0n) is 15.7. The van der Waals surface area contributed by atoms with Crippen molar-refractivity contribution in [2.45, 2.75) is 6.54 Å². The Balaban J connectivity index is 1.53. The van der Waals surface area contributed by atoms with E-state index in [0.29, 0.717) is 36.9 Å². The van der Waals surface area contributed by atoms with Crippen molar-refractivity contribution in [3.63, 3.8) is 0 Å². The molecule has 1 amide bonds. The van der Waals surface area contributed by atoms with Gasteiger partial charge in [0.05, 0.1) is 12.1 Å². The molecule has 3 heterocycles. The Morgan fingerprint density at radius 3 is 2.73 bits per heavy atom. The molecular weight excluding hydrogens is 428 g/mol. The molecule has 0 saturated heterocycles. The second-order valence-electron chi connectivity index (χ2n) is 6.31. The van der Waals surface area contributed by atoms with Gasteiger partial charge in [0.15, 0.2) is 18.1 Å². The van der Waals surface area contributed by atoms with Crippen molar-refractivity contribution < 1.29 is 23.8 Å². The highest BCUT2D eigenvalue weighted by Crippen LogP contribution is 2.34. The predicted octanol–water partition coefficient (Wildman–Crippen LogP) is 3.96. The van der Waals surface area contributed by atoms with Crippen molar-refractivity contribution in [3.8, 4) is 11.5 Å². The quantitative estimate of drug-likeness (QED) is 0.423. The number of hydrogen-bond donors (Lipinski definition) is 0. The summed E-state index contributed by atoms with van der Waals surface area (Å²) in [6, 6.07) is 12.2. The minimum absolute atomic E-state index is 0.0252. The van der Waals surface area contributed by atoms with Gasteiger partial charge in [0.25, 0.3) is 5.91 Å². The fraction of sp³-hybridized carbons (Fsp3) is 0.190. The fourth-order valence-corrected chi connectivity index (χ4v) is 3.79. The molecule has 9 heteroatoms. The molecule has 0 atom stereocenters. The monoisotopic (exact) mass is 444 g/mol. The first kappa shape index (κ1) is 20.2. The standard InChI is InChI=1S/C21H17ClN2O5S/c22-20-16(4-1-7-23-20)21(26)29-13-19(25)24(12-15-3-2-10-30-15)14-5-6-17-18(11-14)28-9-8-27-17/h1-7,10-11H,8-9,12-13H2. The van der Waals surface area contributed by atoms with Gasteiger partial charge in [0, 0.05) is 22.8 Å². The summed E-state index contributed by atoms with van der Waals surface area (Å²) in [5.41, 5.74) is 0.726. The topological polar surface area (TPSA) is 78.0 Å². The number of benzene rings is 1. The number of rotatable bonds is 6. The van der Waals surface area contributed by atoms with Crippen LogP contribution in [0.1, 0.15) is 15.2 Å². The third kappa shape index (κ3) is 4.55. The normalized spacial score (nSPS) is 12.3. The summed E-state index contributed by atoms with van der Waals surface area (Å²) in [6.45, 7) is 0.821. The summed E-state index contributed by atoms with van der Waals surface area (Å²) in [5, 5.41) is 1.96. The number of esters is 1. The maximum atomic E-state index is 13.0. The molecule has 7 nitrogen and oxygen atoms in total. The fourth-order valence-electron chi connectivity index (χ4n) is 2.90. The Kier molecular flexibility index (Phi) is 6.15. The van der Waals surface area contributed by atoms with E-state index in [-0.39, 0.29) is 16.6 Å². The van der Waals surface area contributed by atoms with Crippen LogP contribution in [0.4, 0.5) is 5.69 Å². The zero-order valence-corrected chi connectivity index (χ0v) is 17.3. The molecule has 0 radical (unpaired) electrons. The van der Waals surface area contributed by atoms with Crippen LogP contribution in [-0.4, -0.2) is 36.7 Å². The average molecular weight is 445 g/mol. The number of amides is 1. The number of fused-ring (bicyclic) bond motifs is 1. The van der Waals surface area contributed by atoms with Crippen LogP contribution in [0, 0.1) is 0 Å². The second kappa shape index (κ2) is 9.15. The summed E-state index contributed by atoms with van der Waals surface area (Å²) in [5.74, 6) is 0.112. The van der Waals surface area contributed by atoms with Gasteiger partial charge in [-0.2, -0.15) is 0 Å². The van der Waals surface area contributed by atoms with Gasteiger partial charge in [-0.3, -0.25) is 4.79 Å². The van der Waals surface area contributed by atoms with Gasteiger partial charge < -0.3 is 19.1 Å². The Morgan fingerprint density at radius 1 is 1.13 bits per heavy atom. The van der Waals surface area contributed by atoms with E-state index in [9.17, 15) is 9.59 Å². The molecule has 0 unspecified atom stereocenters. The predicted molar refractivity (Wildman–Crippen MR) is 112 cm³/mol. The smallest absolute Gasteiger partial charge is 0.341 e. The van der Waals surface area contributed by atoms with Crippen molar-refractivity contribution >= 4 is 40.5 Å². The van der Waals surface area contributed by atoms with Crippen LogP contribution in [0.15, 0.2) is 54.0 Å².